The highest BCUT2D eigenvalue weighted by Gasteiger charge is 2.48. The van der Waals surface area contributed by atoms with Gasteiger partial charge in [0.05, 0.1) is 17.7 Å². The molecule has 1 heterocycles. The van der Waals surface area contributed by atoms with Crippen molar-refractivity contribution in [2.24, 2.45) is 28.7 Å². The molecule has 0 radical (unpaired) electrons. The number of esters is 1. The third-order valence-corrected chi connectivity index (χ3v) is 7.49. The molecule has 1 aromatic carbocycles. The number of aryl methyl sites for hydroxylation is 1. The van der Waals surface area contributed by atoms with Crippen molar-refractivity contribution in [1.82, 2.24) is 0 Å². The number of benzene rings is 1. The van der Waals surface area contributed by atoms with E-state index in [-0.39, 0.29) is 5.76 Å². The minimum absolute atomic E-state index is 0.230. The SMILES string of the molecule is CCOC(=O)c1oc2ccc(C=NC3C4CC5CC(C4)CC3C5)c(Cl)c2c1C. The first kappa shape index (κ1) is 18.2. The lowest BCUT2D eigenvalue weighted by atomic mass is 9.54. The van der Waals surface area contributed by atoms with Crippen LogP contribution in [0, 0.1) is 30.6 Å². The van der Waals surface area contributed by atoms with Gasteiger partial charge >= 0.3 is 5.97 Å². The van der Waals surface area contributed by atoms with Gasteiger partial charge in [-0.25, -0.2) is 4.79 Å². The van der Waals surface area contributed by atoms with Gasteiger partial charge in [0.15, 0.2) is 0 Å². The molecular weight excluding hydrogens is 374 g/mol. The van der Waals surface area contributed by atoms with E-state index in [0.717, 1.165) is 40.2 Å². The third kappa shape index (κ3) is 2.88. The van der Waals surface area contributed by atoms with E-state index in [1.165, 1.54) is 32.1 Å². The van der Waals surface area contributed by atoms with E-state index < -0.39 is 5.97 Å². The molecule has 4 aliphatic rings. The Bertz CT molecular complexity index is 932. The number of hydrogen-bond donors (Lipinski definition) is 0. The summed E-state index contributed by atoms with van der Waals surface area (Å²) in [4.78, 5) is 17.1. The van der Waals surface area contributed by atoms with Gasteiger partial charge in [0.1, 0.15) is 5.58 Å². The van der Waals surface area contributed by atoms with Crippen molar-refractivity contribution in [2.45, 2.75) is 52.0 Å². The number of fused-ring (bicyclic) bond motifs is 1. The summed E-state index contributed by atoms with van der Waals surface area (Å²) < 4.78 is 10.8. The van der Waals surface area contributed by atoms with Gasteiger partial charge in [-0.2, -0.15) is 0 Å². The summed E-state index contributed by atoms with van der Waals surface area (Å²) in [6.45, 7) is 3.94. The second kappa shape index (κ2) is 6.91. The molecule has 6 rings (SSSR count). The van der Waals surface area contributed by atoms with Crippen LogP contribution in [0.2, 0.25) is 5.02 Å². The maximum atomic E-state index is 12.1. The molecule has 0 unspecified atom stereocenters. The maximum Gasteiger partial charge on any atom is 0.374 e. The molecule has 4 bridgehead atoms. The Balaban J connectivity index is 1.45. The van der Waals surface area contributed by atoms with Gasteiger partial charge in [0, 0.05) is 22.7 Å². The molecule has 0 saturated heterocycles. The van der Waals surface area contributed by atoms with Gasteiger partial charge in [-0.3, -0.25) is 4.99 Å². The largest absolute Gasteiger partial charge is 0.460 e. The normalized spacial score (nSPS) is 31.2. The molecule has 0 amide bonds. The number of nitrogens with zero attached hydrogens (tertiary/aromatic N) is 1. The fraction of sp³-hybridized carbons (Fsp3) is 0.565. The minimum Gasteiger partial charge on any atom is -0.460 e. The van der Waals surface area contributed by atoms with Crippen molar-refractivity contribution in [3.8, 4) is 0 Å². The second-order valence-electron chi connectivity index (χ2n) is 8.82. The van der Waals surface area contributed by atoms with Gasteiger partial charge in [-0.1, -0.05) is 11.6 Å². The van der Waals surface area contributed by atoms with Crippen molar-refractivity contribution >= 4 is 34.8 Å². The summed E-state index contributed by atoms with van der Waals surface area (Å²) in [6, 6.07) is 4.25. The first-order valence-corrected chi connectivity index (χ1v) is 10.8. The number of halogens is 1. The zero-order chi connectivity index (χ0) is 19.4. The predicted octanol–water partition coefficient (Wildman–Crippen LogP) is 5.81. The molecule has 0 spiro atoms. The minimum atomic E-state index is -0.448. The quantitative estimate of drug-likeness (QED) is 0.481. The Morgan fingerprint density at radius 3 is 2.54 bits per heavy atom. The fourth-order valence-electron chi connectivity index (χ4n) is 6.11. The molecule has 2 aromatic rings. The van der Waals surface area contributed by atoms with Crippen LogP contribution in [0.5, 0.6) is 0 Å². The third-order valence-electron chi connectivity index (χ3n) is 7.08. The topological polar surface area (TPSA) is 51.8 Å². The zero-order valence-corrected chi connectivity index (χ0v) is 17.2. The summed E-state index contributed by atoms with van der Waals surface area (Å²) >= 11 is 6.71. The number of carbonyl (C=O) groups excluding carboxylic acids is 1. The number of furan rings is 1. The van der Waals surface area contributed by atoms with Crippen LogP contribution < -0.4 is 0 Å². The molecule has 4 aliphatic carbocycles. The predicted molar refractivity (Wildman–Crippen MR) is 110 cm³/mol. The van der Waals surface area contributed by atoms with E-state index in [1.807, 2.05) is 25.3 Å². The van der Waals surface area contributed by atoms with Crippen LogP contribution in [0.15, 0.2) is 21.5 Å². The van der Waals surface area contributed by atoms with Gasteiger partial charge in [-0.05, 0) is 81.8 Å². The van der Waals surface area contributed by atoms with Gasteiger partial charge in [0.2, 0.25) is 5.76 Å². The summed E-state index contributed by atoms with van der Waals surface area (Å²) in [6.07, 6.45) is 8.81. The Kier molecular flexibility index (Phi) is 4.50. The Labute approximate surface area is 170 Å². The van der Waals surface area contributed by atoms with Crippen molar-refractivity contribution in [1.29, 1.82) is 0 Å². The number of rotatable bonds is 4. The molecule has 1 aromatic heterocycles. The molecule has 5 heteroatoms. The van der Waals surface area contributed by atoms with Crippen LogP contribution in [0.3, 0.4) is 0 Å². The monoisotopic (exact) mass is 399 g/mol. The highest BCUT2D eigenvalue weighted by atomic mass is 35.5. The Morgan fingerprint density at radius 2 is 1.89 bits per heavy atom. The molecule has 0 aliphatic heterocycles. The van der Waals surface area contributed by atoms with Crippen molar-refractivity contribution in [3.63, 3.8) is 0 Å². The molecular formula is C23H26ClNO3. The average molecular weight is 400 g/mol. The van der Waals surface area contributed by atoms with Crippen LogP contribution in [0.1, 0.15) is 60.7 Å². The highest BCUT2D eigenvalue weighted by molar-refractivity contribution is 6.38. The second-order valence-corrected chi connectivity index (χ2v) is 9.20. The maximum absolute atomic E-state index is 12.1. The van der Waals surface area contributed by atoms with E-state index in [4.69, 9.17) is 25.7 Å². The van der Waals surface area contributed by atoms with Crippen LogP contribution in [0.4, 0.5) is 0 Å². The first-order chi connectivity index (χ1) is 13.5. The van der Waals surface area contributed by atoms with E-state index in [9.17, 15) is 4.79 Å². The summed E-state index contributed by atoms with van der Waals surface area (Å²) in [5.74, 6) is 3.18. The first-order valence-electron chi connectivity index (χ1n) is 10.5. The average Bonchev–Trinajstić information content (AvgIpc) is 3.00. The molecule has 0 N–H and O–H groups in total. The van der Waals surface area contributed by atoms with Gasteiger partial charge in [-0.15, -0.1) is 0 Å². The van der Waals surface area contributed by atoms with E-state index in [0.29, 0.717) is 23.3 Å². The lowest BCUT2D eigenvalue weighted by Crippen LogP contribution is -2.47. The molecule has 4 nitrogen and oxygen atoms in total. The van der Waals surface area contributed by atoms with Crippen molar-refractivity contribution < 1.29 is 13.9 Å². The summed E-state index contributed by atoms with van der Waals surface area (Å²) in [5, 5.41) is 1.38. The Morgan fingerprint density at radius 1 is 1.21 bits per heavy atom. The van der Waals surface area contributed by atoms with Crippen molar-refractivity contribution in [2.75, 3.05) is 6.61 Å². The number of hydrogen-bond acceptors (Lipinski definition) is 4. The summed E-state index contributed by atoms with van der Waals surface area (Å²) in [7, 11) is 0. The van der Waals surface area contributed by atoms with Crippen LogP contribution in [-0.2, 0) is 4.74 Å². The van der Waals surface area contributed by atoms with Gasteiger partial charge < -0.3 is 9.15 Å². The Hall–Kier alpha value is -1.81. The molecule has 28 heavy (non-hydrogen) atoms. The number of carbonyl (C=O) groups is 1. The van der Waals surface area contributed by atoms with Crippen molar-refractivity contribution in [3.05, 3.63) is 34.0 Å². The number of ether oxygens (including phenoxy) is 1. The van der Waals surface area contributed by atoms with Crippen LogP contribution in [-0.4, -0.2) is 24.8 Å². The van der Waals surface area contributed by atoms with Crippen LogP contribution in [0.25, 0.3) is 11.0 Å². The van der Waals surface area contributed by atoms with Crippen LogP contribution >= 0.6 is 11.6 Å². The molecule has 148 valence electrons. The molecule has 4 saturated carbocycles. The lowest BCUT2D eigenvalue weighted by molar-refractivity contribution is 0.00146. The van der Waals surface area contributed by atoms with E-state index >= 15 is 0 Å². The molecule has 0 atom stereocenters. The standard InChI is InChI=1S/C23H26ClNO3/c1-3-27-23(26)22-12(2)19-18(28-22)5-4-15(20(19)24)11-25-21-16-7-13-6-14(9-16)10-17(21)8-13/h4-5,11,13-14,16-17,21H,3,6-10H2,1-2H3. The smallest absolute Gasteiger partial charge is 0.374 e. The molecule has 4 fully saturated rings. The van der Waals surface area contributed by atoms with E-state index in [2.05, 4.69) is 0 Å². The highest BCUT2D eigenvalue weighted by Crippen LogP contribution is 2.54. The van der Waals surface area contributed by atoms with E-state index in [1.54, 1.807) is 6.92 Å². The summed E-state index contributed by atoms with van der Waals surface area (Å²) in [5.41, 5.74) is 2.22. The zero-order valence-electron chi connectivity index (χ0n) is 16.4. The number of aliphatic imine (C=N–C) groups is 1. The lowest BCUT2D eigenvalue weighted by Gasteiger charge is -2.53. The van der Waals surface area contributed by atoms with Gasteiger partial charge in [0.25, 0.3) is 0 Å². The fourth-order valence-corrected chi connectivity index (χ4v) is 6.45.